The Morgan fingerprint density at radius 2 is 1.83 bits per heavy atom. The predicted molar refractivity (Wildman–Crippen MR) is 113 cm³/mol. The van der Waals surface area contributed by atoms with Crippen LogP contribution >= 0.6 is 23.1 Å². The Bertz CT molecular complexity index is 1130. The number of carbonyl (C=O) groups excluding carboxylic acids is 1. The van der Waals surface area contributed by atoms with Gasteiger partial charge < -0.3 is 4.90 Å². The van der Waals surface area contributed by atoms with E-state index in [1.165, 1.54) is 59.3 Å². The summed E-state index contributed by atoms with van der Waals surface area (Å²) in [5, 5.41) is 24.6. The largest absolute Gasteiger partial charge is 0.337 e. The normalized spacial score (nSPS) is 10.6. The first-order valence-corrected chi connectivity index (χ1v) is 10.3. The average Bonchev–Trinajstić information content (AvgIpc) is 3.12. The Morgan fingerprint density at radius 3 is 2.47 bits per heavy atom. The molecule has 0 N–H and O–H groups in total. The molecule has 0 atom stereocenters. The smallest absolute Gasteiger partial charge is 0.284 e. The van der Waals surface area contributed by atoms with E-state index in [0.29, 0.717) is 14.8 Å². The van der Waals surface area contributed by atoms with Gasteiger partial charge in [0.25, 0.3) is 17.3 Å². The molecule has 0 spiro atoms. The molecule has 11 heteroatoms. The number of nitro groups is 2. The van der Waals surface area contributed by atoms with Crippen LogP contribution in [0.5, 0.6) is 0 Å². The van der Waals surface area contributed by atoms with Crippen LogP contribution in [0.4, 0.5) is 11.4 Å². The zero-order chi connectivity index (χ0) is 21.8. The molecule has 0 aliphatic carbocycles. The molecule has 0 aliphatic heterocycles. The Labute approximate surface area is 179 Å². The van der Waals surface area contributed by atoms with Crippen molar-refractivity contribution in [2.75, 3.05) is 7.05 Å². The van der Waals surface area contributed by atoms with Crippen LogP contribution in [-0.4, -0.2) is 32.7 Å². The van der Waals surface area contributed by atoms with Gasteiger partial charge >= 0.3 is 0 Å². The molecule has 9 nitrogen and oxygen atoms in total. The molecule has 0 radical (unpaired) electrons. The molecule has 3 rings (SSSR count). The van der Waals surface area contributed by atoms with E-state index < -0.39 is 15.8 Å². The van der Waals surface area contributed by atoms with Crippen LogP contribution in [0.25, 0.3) is 0 Å². The van der Waals surface area contributed by atoms with Crippen molar-refractivity contribution in [3.8, 4) is 0 Å². The number of aryl methyl sites for hydroxylation is 1. The van der Waals surface area contributed by atoms with Crippen LogP contribution in [0, 0.1) is 27.2 Å². The van der Waals surface area contributed by atoms with E-state index in [0.717, 1.165) is 5.69 Å². The summed E-state index contributed by atoms with van der Waals surface area (Å²) in [4.78, 5) is 40.4. The summed E-state index contributed by atoms with van der Waals surface area (Å²) < 4.78 is 0.670. The molecule has 3 aromatic rings. The summed E-state index contributed by atoms with van der Waals surface area (Å²) in [5.74, 6) is -0.474. The summed E-state index contributed by atoms with van der Waals surface area (Å²) in [6, 6.07) is 10.4. The third kappa shape index (κ3) is 4.81. The number of hydrogen-bond donors (Lipinski definition) is 0. The van der Waals surface area contributed by atoms with Gasteiger partial charge in [-0.05, 0) is 19.1 Å². The van der Waals surface area contributed by atoms with Crippen LogP contribution < -0.4 is 0 Å². The topological polar surface area (TPSA) is 119 Å². The fourth-order valence-electron chi connectivity index (χ4n) is 2.72. The predicted octanol–water partition coefficient (Wildman–Crippen LogP) is 4.69. The van der Waals surface area contributed by atoms with Gasteiger partial charge in [0.2, 0.25) is 0 Å². The van der Waals surface area contributed by atoms with Crippen molar-refractivity contribution in [1.29, 1.82) is 0 Å². The molecule has 1 heterocycles. The molecule has 0 aliphatic rings. The highest BCUT2D eigenvalue weighted by Gasteiger charge is 2.22. The molecule has 0 saturated heterocycles. The maximum absolute atomic E-state index is 12.8. The van der Waals surface area contributed by atoms with E-state index in [1.807, 2.05) is 12.3 Å². The number of rotatable bonds is 7. The lowest BCUT2D eigenvalue weighted by molar-refractivity contribution is -0.387. The molecule has 0 saturated carbocycles. The number of benzene rings is 2. The minimum absolute atomic E-state index is 0.00131. The molecule has 154 valence electrons. The summed E-state index contributed by atoms with van der Waals surface area (Å²) in [6.07, 6.45) is 0. The van der Waals surface area contributed by atoms with Crippen LogP contribution in [0.2, 0.25) is 0 Å². The summed E-state index contributed by atoms with van der Waals surface area (Å²) >= 11 is 2.55. The number of amides is 1. The number of nitrogens with zero attached hydrogens (tertiary/aromatic N) is 4. The highest BCUT2D eigenvalue weighted by atomic mass is 32.2. The first kappa shape index (κ1) is 21.4. The number of aromatic nitrogens is 1. The van der Waals surface area contributed by atoms with Crippen molar-refractivity contribution >= 4 is 40.4 Å². The number of para-hydroxylation sites is 1. The molecule has 0 bridgehead atoms. The quantitative estimate of drug-likeness (QED) is 0.383. The molecule has 2 aromatic carbocycles. The van der Waals surface area contributed by atoms with Gasteiger partial charge in [0.1, 0.15) is 0 Å². The van der Waals surface area contributed by atoms with Gasteiger partial charge in [-0.3, -0.25) is 25.0 Å². The molecule has 0 fully saturated rings. The Morgan fingerprint density at radius 1 is 1.13 bits per heavy atom. The van der Waals surface area contributed by atoms with Gasteiger partial charge in [-0.15, -0.1) is 11.3 Å². The molecule has 1 aromatic heterocycles. The number of carbonyl (C=O) groups is 1. The van der Waals surface area contributed by atoms with E-state index in [9.17, 15) is 25.0 Å². The second kappa shape index (κ2) is 9.01. The molecular formula is C19H16N4O5S2. The molecular weight excluding hydrogens is 428 g/mol. The summed E-state index contributed by atoms with van der Waals surface area (Å²) in [7, 11) is 1.49. The van der Waals surface area contributed by atoms with Crippen molar-refractivity contribution in [2.45, 2.75) is 22.7 Å². The molecule has 30 heavy (non-hydrogen) atoms. The summed E-state index contributed by atoms with van der Waals surface area (Å²) in [6.45, 7) is 1.84. The Balaban J connectivity index is 1.84. The van der Waals surface area contributed by atoms with Crippen LogP contribution in [0.3, 0.4) is 0 Å². The fraction of sp³-hybridized carbons (Fsp3) is 0.158. The van der Waals surface area contributed by atoms with Crippen molar-refractivity contribution in [2.24, 2.45) is 0 Å². The third-order valence-corrected chi connectivity index (χ3v) is 6.26. The van der Waals surface area contributed by atoms with Gasteiger partial charge in [-0.2, -0.15) is 0 Å². The van der Waals surface area contributed by atoms with Gasteiger partial charge in [-0.1, -0.05) is 30.0 Å². The lowest BCUT2D eigenvalue weighted by Gasteiger charge is -2.17. The zero-order valence-corrected chi connectivity index (χ0v) is 17.6. The first-order valence-electron chi connectivity index (χ1n) is 8.62. The Kier molecular flexibility index (Phi) is 6.43. The third-order valence-electron chi connectivity index (χ3n) is 4.14. The number of nitro benzene ring substituents is 2. The van der Waals surface area contributed by atoms with Crippen molar-refractivity contribution in [1.82, 2.24) is 9.88 Å². The SMILES string of the molecule is Cc1csc(Sc2ccc(C(=O)N(C)Cc3ccccc3[N+](=O)[O-])cc2[N+](=O)[O-])n1. The van der Waals surface area contributed by atoms with E-state index in [1.54, 1.807) is 18.2 Å². The van der Waals surface area contributed by atoms with Gasteiger partial charge in [0.05, 0.1) is 21.3 Å². The van der Waals surface area contributed by atoms with E-state index in [-0.39, 0.29) is 23.5 Å². The van der Waals surface area contributed by atoms with E-state index >= 15 is 0 Å². The average molecular weight is 444 g/mol. The second-order valence-electron chi connectivity index (χ2n) is 6.34. The number of hydrogen-bond acceptors (Lipinski definition) is 8. The van der Waals surface area contributed by atoms with E-state index in [2.05, 4.69) is 4.98 Å². The van der Waals surface area contributed by atoms with Gasteiger partial charge in [-0.25, -0.2) is 4.98 Å². The fourth-order valence-corrected chi connectivity index (χ4v) is 4.60. The lowest BCUT2D eigenvalue weighted by Crippen LogP contribution is -2.26. The standard InChI is InChI=1S/C19H16N4O5S2/c1-12-11-29-19(20-12)30-17-8-7-13(9-16(17)23(27)28)18(24)21(2)10-14-5-3-4-6-15(14)22(25)26/h3-9,11H,10H2,1-2H3. The highest BCUT2D eigenvalue weighted by molar-refractivity contribution is 8.01. The maximum atomic E-state index is 12.8. The maximum Gasteiger partial charge on any atom is 0.284 e. The second-order valence-corrected chi connectivity index (χ2v) is 8.49. The minimum atomic E-state index is -0.540. The van der Waals surface area contributed by atoms with Crippen molar-refractivity contribution in [3.05, 3.63) is 84.9 Å². The van der Waals surface area contributed by atoms with Crippen molar-refractivity contribution in [3.63, 3.8) is 0 Å². The van der Waals surface area contributed by atoms with Crippen LogP contribution in [-0.2, 0) is 6.54 Å². The molecule has 1 amide bonds. The summed E-state index contributed by atoms with van der Waals surface area (Å²) in [5.41, 5.74) is 1.04. The first-order chi connectivity index (χ1) is 14.3. The van der Waals surface area contributed by atoms with Crippen LogP contribution in [0.1, 0.15) is 21.6 Å². The molecule has 0 unspecified atom stereocenters. The van der Waals surface area contributed by atoms with E-state index in [4.69, 9.17) is 0 Å². The van der Waals surface area contributed by atoms with Gasteiger partial charge in [0, 0.05) is 41.4 Å². The highest BCUT2D eigenvalue weighted by Crippen LogP contribution is 2.37. The zero-order valence-electron chi connectivity index (χ0n) is 16.0. The monoisotopic (exact) mass is 444 g/mol. The lowest BCUT2D eigenvalue weighted by atomic mass is 10.1. The Hall–Kier alpha value is -3.31. The van der Waals surface area contributed by atoms with Crippen LogP contribution in [0.15, 0.2) is 57.1 Å². The number of thiazole rings is 1. The van der Waals surface area contributed by atoms with Crippen molar-refractivity contribution < 1.29 is 14.6 Å². The minimum Gasteiger partial charge on any atom is -0.337 e. The van der Waals surface area contributed by atoms with Gasteiger partial charge in [0.15, 0.2) is 4.34 Å².